The molecule has 0 bridgehead atoms. The molecule has 12 nitrogen and oxygen atoms in total. The van der Waals surface area contributed by atoms with Crippen molar-refractivity contribution in [2.45, 2.75) is 51.4 Å². The van der Waals surface area contributed by atoms with E-state index in [1.807, 2.05) is 13.8 Å². The van der Waals surface area contributed by atoms with Crippen molar-refractivity contribution in [3.63, 3.8) is 0 Å². The molecule has 1 heterocycles. The number of hydrogen-bond donors (Lipinski definition) is 3. The van der Waals surface area contributed by atoms with Crippen LogP contribution in [0.2, 0.25) is 0 Å². The number of alkyl halides is 3. The maximum atomic E-state index is 14.1. The lowest BCUT2D eigenvalue weighted by atomic mass is 9.80. The molecular weight excluding hydrogens is 615 g/mol. The topological polar surface area (TPSA) is 158 Å². The summed E-state index contributed by atoms with van der Waals surface area (Å²) in [6.45, 7) is 5.24. The minimum atomic E-state index is -5.06. The van der Waals surface area contributed by atoms with Crippen LogP contribution in [0.3, 0.4) is 0 Å². The maximum absolute atomic E-state index is 14.1. The standard InChI is InChI=1S/C31H36F3N3O9/c1-17(2)35-15-22(38)16-46-23-10-9-19(13-24(23)43-4)11-12-45-30(40)25-18(3)36-28(31(32,33)34)27(29(39)44-5)26(25)20-7-6-8-21(14-20)37(41)42/h6-10,13-14,17,22,26,35-36,38H,11-12,15-16H2,1-5H3. The molecule has 1 aliphatic rings. The molecule has 0 amide bonds. The summed E-state index contributed by atoms with van der Waals surface area (Å²) in [5, 5.41) is 26.8. The van der Waals surface area contributed by atoms with Crippen molar-refractivity contribution in [1.82, 2.24) is 10.6 Å². The molecule has 0 aromatic heterocycles. The second-order valence-electron chi connectivity index (χ2n) is 10.6. The first-order valence-electron chi connectivity index (χ1n) is 14.2. The van der Waals surface area contributed by atoms with Gasteiger partial charge in [-0.25, -0.2) is 9.59 Å². The van der Waals surface area contributed by atoms with Crippen LogP contribution in [0.15, 0.2) is 65.0 Å². The van der Waals surface area contributed by atoms with Gasteiger partial charge < -0.3 is 34.7 Å². The largest absolute Gasteiger partial charge is 0.493 e. The minimum Gasteiger partial charge on any atom is -0.493 e. The van der Waals surface area contributed by atoms with Gasteiger partial charge in [0.15, 0.2) is 11.5 Å². The first-order valence-corrected chi connectivity index (χ1v) is 14.2. The number of allylic oxidation sites excluding steroid dienone is 2. The lowest BCUT2D eigenvalue weighted by Gasteiger charge is -2.31. The van der Waals surface area contributed by atoms with Crippen LogP contribution in [0.1, 0.15) is 37.8 Å². The van der Waals surface area contributed by atoms with E-state index in [0.717, 1.165) is 19.2 Å². The molecule has 0 radical (unpaired) electrons. The number of halogens is 3. The zero-order valence-corrected chi connectivity index (χ0v) is 25.9. The number of nitrogens with one attached hydrogen (secondary N) is 2. The Labute approximate surface area is 263 Å². The number of nitro groups is 1. The molecular formula is C31H36F3N3O9. The van der Waals surface area contributed by atoms with Crippen LogP contribution in [0.5, 0.6) is 11.5 Å². The van der Waals surface area contributed by atoms with E-state index in [1.54, 1.807) is 18.2 Å². The Kier molecular flexibility index (Phi) is 12.1. The molecule has 2 atom stereocenters. The summed E-state index contributed by atoms with van der Waals surface area (Å²) in [7, 11) is 2.32. The van der Waals surface area contributed by atoms with Crippen molar-refractivity contribution in [1.29, 1.82) is 0 Å². The van der Waals surface area contributed by atoms with E-state index in [1.165, 1.54) is 26.2 Å². The molecule has 3 rings (SSSR count). The van der Waals surface area contributed by atoms with E-state index < -0.39 is 52.0 Å². The average molecular weight is 652 g/mol. The van der Waals surface area contributed by atoms with Crippen molar-refractivity contribution in [3.05, 3.63) is 86.2 Å². The third-order valence-electron chi connectivity index (χ3n) is 6.93. The van der Waals surface area contributed by atoms with Crippen LogP contribution in [-0.4, -0.2) is 74.3 Å². The zero-order valence-electron chi connectivity index (χ0n) is 25.9. The number of non-ortho nitro benzene ring substituents is 1. The number of methoxy groups -OCH3 is 2. The van der Waals surface area contributed by atoms with E-state index >= 15 is 0 Å². The summed E-state index contributed by atoms with van der Waals surface area (Å²) in [5.41, 5.74) is -2.91. The fourth-order valence-corrected chi connectivity index (χ4v) is 4.75. The highest BCUT2D eigenvalue weighted by Crippen LogP contribution is 2.44. The van der Waals surface area contributed by atoms with E-state index in [9.17, 15) is 38.0 Å². The molecule has 15 heteroatoms. The number of ether oxygens (including phenoxy) is 4. The van der Waals surface area contributed by atoms with Crippen LogP contribution in [0, 0.1) is 10.1 Å². The van der Waals surface area contributed by atoms with Crippen LogP contribution < -0.4 is 20.1 Å². The summed E-state index contributed by atoms with van der Waals surface area (Å²) in [4.78, 5) is 36.9. The van der Waals surface area contributed by atoms with Gasteiger partial charge in [-0.2, -0.15) is 13.2 Å². The molecule has 2 aromatic rings. The molecule has 0 spiro atoms. The number of carbonyl (C=O) groups excluding carboxylic acids is 2. The van der Waals surface area contributed by atoms with Gasteiger partial charge in [-0.05, 0) is 30.2 Å². The monoisotopic (exact) mass is 651 g/mol. The molecule has 3 N–H and O–H groups in total. The van der Waals surface area contributed by atoms with Gasteiger partial charge >= 0.3 is 18.1 Å². The lowest BCUT2D eigenvalue weighted by molar-refractivity contribution is -0.384. The Balaban J connectivity index is 1.84. The SMILES string of the molecule is COC(=O)C1=C(C(F)(F)F)NC(C)=C(C(=O)OCCc2ccc(OCC(O)CNC(C)C)c(OC)c2)C1c1cccc([N+](=O)[O-])c1. The second kappa shape index (κ2) is 15.6. The van der Waals surface area contributed by atoms with Crippen LogP contribution in [-0.2, 0) is 25.5 Å². The Hall–Kier alpha value is -4.63. The van der Waals surface area contributed by atoms with E-state index in [-0.39, 0.29) is 42.5 Å². The van der Waals surface area contributed by atoms with E-state index in [0.29, 0.717) is 23.6 Å². The Morgan fingerprint density at radius 2 is 1.80 bits per heavy atom. The highest BCUT2D eigenvalue weighted by molar-refractivity contribution is 6.00. The first kappa shape index (κ1) is 35.8. The number of nitrogens with zero attached hydrogens (tertiary/aromatic N) is 1. The molecule has 1 aliphatic heterocycles. The highest BCUT2D eigenvalue weighted by atomic mass is 19.4. The highest BCUT2D eigenvalue weighted by Gasteiger charge is 2.47. The number of carbonyl (C=O) groups is 2. The number of dihydropyridines is 1. The Morgan fingerprint density at radius 1 is 1.09 bits per heavy atom. The summed E-state index contributed by atoms with van der Waals surface area (Å²) in [6, 6.07) is 9.79. The van der Waals surface area contributed by atoms with Gasteiger partial charge in [0.05, 0.1) is 42.8 Å². The molecule has 0 fully saturated rings. The molecule has 0 saturated heterocycles. The number of aliphatic hydroxyl groups is 1. The van der Waals surface area contributed by atoms with Crippen LogP contribution >= 0.6 is 0 Å². The average Bonchev–Trinajstić information content (AvgIpc) is 3.01. The summed E-state index contributed by atoms with van der Waals surface area (Å²) in [6.07, 6.45) is -5.65. The van der Waals surface area contributed by atoms with Crippen molar-refractivity contribution in [2.75, 3.05) is 34.0 Å². The number of nitro benzene ring substituents is 1. The van der Waals surface area contributed by atoms with Gasteiger partial charge in [-0.1, -0.05) is 32.0 Å². The molecule has 250 valence electrons. The predicted molar refractivity (Wildman–Crippen MR) is 159 cm³/mol. The van der Waals surface area contributed by atoms with Crippen LogP contribution in [0.25, 0.3) is 0 Å². The van der Waals surface area contributed by atoms with Crippen molar-refractivity contribution >= 4 is 17.6 Å². The van der Waals surface area contributed by atoms with Gasteiger partial charge in [0, 0.05) is 36.8 Å². The first-order chi connectivity index (χ1) is 21.7. The van der Waals surface area contributed by atoms with E-state index in [4.69, 9.17) is 14.2 Å². The summed E-state index contributed by atoms with van der Waals surface area (Å²) < 4.78 is 63.5. The van der Waals surface area contributed by atoms with Crippen LogP contribution in [0.4, 0.5) is 18.9 Å². The van der Waals surface area contributed by atoms with Gasteiger partial charge in [0.1, 0.15) is 18.4 Å². The number of esters is 2. The zero-order chi connectivity index (χ0) is 34.2. The molecule has 2 aromatic carbocycles. The predicted octanol–water partition coefficient (Wildman–Crippen LogP) is 4.08. The normalized spacial score (nSPS) is 15.7. The number of benzene rings is 2. The van der Waals surface area contributed by atoms with Gasteiger partial charge in [-0.15, -0.1) is 0 Å². The van der Waals surface area contributed by atoms with Gasteiger partial charge in [-0.3, -0.25) is 10.1 Å². The third-order valence-corrected chi connectivity index (χ3v) is 6.93. The van der Waals surface area contributed by atoms with Crippen molar-refractivity contribution in [2.24, 2.45) is 0 Å². The van der Waals surface area contributed by atoms with Gasteiger partial charge in [0.2, 0.25) is 0 Å². The minimum absolute atomic E-state index is 0.0132. The Bertz CT molecular complexity index is 1510. The fourth-order valence-electron chi connectivity index (χ4n) is 4.75. The second-order valence-corrected chi connectivity index (χ2v) is 10.6. The molecule has 0 aliphatic carbocycles. The summed E-state index contributed by atoms with van der Waals surface area (Å²) >= 11 is 0. The van der Waals surface area contributed by atoms with Crippen molar-refractivity contribution in [3.8, 4) is 11.5 Å². The molecule has 46 heavy (non-hydrogen) atoms. The van der Waals surface area contributed by atoms with E-state index in [2.05, 4.69) is 15.4 Å². The number of aliphatic hydroxyl groups excluding tert-OH is 1. The number of hydrogen-bond acceptors (Lipinski definition) is 11. The van der Waals surface area contributed by atoms with Crippen molar-refractivity contribution < 1.29 is 51.7 Å². The Morgan fingerprint density at radius 3 is 2.41 bits per heavy atom. The molecule has 0 saturated carbocycles. The lowest BCUT2D eigenvalue weighted by Crippen LogP contribution is -2.38. The van der Waals surface area contributed by atoms with Gasteiger partial charge in [0.25, 0.3) is 5.69 Å². The summed E-state index contributed by atoms with van der Waals surface area (Å²) in [5.74, 6) is -3.38. The number of rotatable bonds is 14. The fraction of sp³-hybridized carbons (Fsp3) is 0.419. The molecule has 2 unspecified atom stereocenters. The quantitative estimate of drug-likeness (QED) is 0.154. The maximum Gasteiger partial charge on any atom is 0.431 e. The third kappa shape index (κ3) is 8.97. The smallest absolute Gasteiger partial charge is 0.431 e.